The molecule has 2 aromatic heterocycles. The van der Waals surface area contributed by atoms with Gasteiger partial charge in [-0.05, 0) is 55.4 Å². The Morgan fingerprint density at radius 3 is 2.50 bits per heavy atom. The lowest BCUT2D eigenvalue weighted by atomic mass is 10.1. The molecule has 0 radical (unpaired) electrons. The number of morpholine rings is 1. The van der Waals surface area contributed by atoms with E-state index in [1.165, 1.54) is 0 Å². The molecule has 1 aliphatic heterocycles. The predicted octanol–water partition coefficient (Wildman–Crippen LogP) is 4.29. The number of hydrogen-bond donors (Lipinski definition) is 2. The lowest BCUT2D eigenvalue weighted by Crippen LogP contribution is -2.37. The molecule has 0 saturated carbocycles. The minimum absolute atomic E-state index is 0.655. The Hall–Kier alpha value is -3.82. The van der Waals surface area contributed by atoms with E-state index in [2.05, 4.69) is 44.8 Å². The molecule has 0 unspecified atom stereocenters. The monoisotopic (exact) mass is 488 g/mol. The van der Waals surface area contributed by atoms with E-state index in [4.69, 9.17) is 19.2 Å². The third-order valence-corrected chi connectivity index (χ3v) is 6.29. The van der Waals surface area contributed by atoms with Gasteiger partial charge in [0.2, 0.25) is 5.95 Å². The second-order valence-electron chi connectivity index (χ2n) is 8.63. The molecule has 188 valence electrons. The van der Waals surface area contributed by atoms with Crippen molar-refractivity contribution >= 4 is 23.0 Å². The molecule has 3 heterocycles. The molecule has 2 aromatic carbocycles. The molecule has 1 saturated heterocycles. The highest BCUT2D eigenvalue weighted by Crippen LogP contribution is 2.32. The number of aromatic nitrogens is 3. The van der Waals surface area contributed by atoms with Gasteiger partial charge in [0.1, 0.15) is 5.65 Å². The van der Waals surface area contributed by atoms with Crippen molar-refractivity contribution < 1.29 is 14.2 Å². The number of ether oxygens (including phenoxy) is 3. The first-order valence-corrected chi connectivity index (χ1v) is 12.2. The Balaban J connectivity index is 1.27. The summed E-state index contributed by atoms with van der Waals surface area (Å²) in [6, 6.07) is 16.0. The Labute approximate surface area is 211 Å². The Morgan fingerprint density at radius 1 is 0.944 bits per heavy atom. The van der Waals surface area contributed by atoms with Gasteiger partial charge in [0, 0.05) is 55.0 Å². The van der Waals surface area contributed by atoms with Gasteiger partial charge in [-0.25, -0.2) is 9.97 Å². The summed E-state index contributed by atoms with van der Waals surface area (Å²) >= 11 is 0. The van der Waals surface area contributed by atoms with Crippen LogP contribution in [-0.4, -0.2) is 72.9 Å². The van der Waals surface area contributed by atoms with Crippen molar-refractivity contribution in [3.05, 3.63) is 60.9 Å². The molecule has 0 amide bonds. The molecule has 4 aromatic rings. The van der Waals surface area contributed by atoms with Gasteiger partial charge in [-0.3, -0.25) is 9.30 Å². The Morgan fingerprint density at radius 2 is 1.72 bits per heavy atom. The fraction of sp³-hybridized carbons (Fsp3) is 0.333. The average Bonchev–Trinajstić information content (AvgIpc) is 3.41. The third kappa shape index (κ3) is 5.53. The highest BCUT2D eigenvalue weighted by atomic mass is 16.5. The van der Waals surface area contributed by atoms with Crippen molar-refractivity contribution in [3.8, 4) is 22.8 Å². The summed E-state index contributed by atoms with van der Waals surface area (Å²) in [7, 11) is 3.25. The van der Waals surface area contributed by atoms with Crippen LogP contribution in [0.15, 0.2) is 60.9 Å². The second-order valence-corrected chi connectivity index (χ2v) is 8.63. The lowest BCUT2D eigenvalue weighted by Gasteiger charge is -2.26. The van der Waals surface area contributed by atoms with Crippen LogP contribution in [0.3, 0.4) is 0 Å². The van der Waals surface area contributed by atoms with Crippen molar-refractivity contribution in [2.45, 2.75) is 6.42 Å². The second kappa shape index (κ2) is 11.3. The molecular weight excluding hydrogens is 456 g/mol. The predicted molar refractivity (Wildman–Crippen MR) is 142 cm³/mol. The Bertz CT molecular complexity index is 1280. The largest absolute Gasteiger partial charge is 0.493 e. The van der Waals surface area contributed by atoms with Gasteiger partial charge in [0.05, 0.1) is 33.1 Å². The maximum Gasteiger partial charge on any atom is 0.213 e. The molecular formula is C27H32N6O3. The molecule has 0 spiro atoms. The van der Waals surface area contributed by atoms with Crippen LogP contribution in [0.1, 0.15) is 6.42 Å². The maximum absolute atomic E-state index is 5.47. The molecule has 5 rings (SSSR count). The van der Waals surface area contributed by atoms with Crippen LogP contribution in [0.5, 0.6) is 11.5 Å². The molecule has 0 aliphatic carbocycles. The average molecular weight is 489 g/mol. The zero-order valence-electron chi connectivity index (χ0n) is 20.7. The minimum Gasteiger partial charge on any atom is -0.493 e. The zero-order valence-corrected chi connectivity index (χ0v) is 20.7. The third-order valence-electron chi connectivity index (χ3n) is 6.29. The molecule has 1 fully saturated rings. The maximum atomic E-state index is 5.47. The van der Waals surface area contributed by atoms with Gasteiger partial charge < -0.3 is 24.8 Å². The number of anilines is 3. The van der Waals surface area contributed by atoms with E-state index in [-0.39, 0.29) is 0 Å². The SMILES string of the molecule is COc1ccc(-c2cc3nccn3c(Nc3ccc(NCCCN4CCOCC4)cc3)n2)cc1OC. The topological polar surface area (TPSA) is 85.2 Å². The normalized spacial score (nSPS) is 14.1. The van der Waals surface area contributed by atoms with E-state index in [9.17, 15) is 0 Å². The fourth-order valence-electron chi connectivity index (χ4n) is 4.32. The minimum atomic E-state index is 0.655. The van der Waals surface area contributed by atoms with Gasteiger partial charge >= 0.3 is 0 Å². The summed E-state index contributed by atoms with van der Waals surface area (Å²) in [6.07, 6.45) is 4.77. The number of rotatable bonds is 10. The molecule has 36 heavy (non-hydrogen) atoms. The van der Waals surface area contributed by atoms with E-state index in [0.29, 0.717) is 17.4 Å². The van der Waals surface area contributed by atoms with Crippen molar-refractivity contribution in [3.63, 3.8) is 0 Å². The molecule has 9 heteroatoms. The Kier molecular flexibility index (Phi) is 7.49. The smallest absolute Gasteiger partial charge is 0.213 e. The highest BCUT2D eigenvalue weighted by molar-refractivity contribution is 5.70. The quantitative estimate of drug-likeness (QED) is 0.320. The van der Waals surface area contributed by atoms with Crippen molar-refractivity contribution in [2.75, 3.05) is 64.2 Å². The number of hydrogen-bond acceptors (Lipinski definition) is 8. The summed E-state index contributed by atoms with van der Waals surface area (Å²) in [5.74, 6) is 2.01. The molecule has 0 bridgehead atoms. The van der Waals surface area contributed by atoms with Gasteiger partial charge in [-0.2, -0.15) is 0 Å². The van der Waals surface area contributed by atoms with Crippen LogP contribution in [0.25, 0.3) is 16.9 Å². The van der Waals surface area contributed by atoms with E-state index in [1.54, 1.807) is 20.4 Å². The van der Waals surface area contributed by atoms with Crippen molar-refractivity contribution in [1.29, 1.82) is 0 Å². The molecule has 0 atom stereocenters. The van der Waals surface area contributed by atoms with Crippen LogP contribution in [-0.2, 0) is 4.74 Å². The van der Waals surface area contributed by atoms with Crippen LogP contribution < -0.4 is 20.1 Å². The number of fused-ring (bicyclic) bond motifs is 1. The van der Waals surface area contributed by atoms with Gasteiger partial charge in [-0.1, -0.05) is 0 Å². The number of nitrogens with one attached hydrogen (secondary N) is 2. The van der Waals surface area contributed by atoms with Gasteiger partial charge in [0.25, 0.3) is 0 Å². The van der Waals surface area contributed by atoms with E-state index in [1.807, 2.05) is 34.9 Å². The summed E-state index contributed by atoms with van der Waals surface area (Å²) in [5, 5.41) is 6.95. The van der Waals surface area contributed by atoms with Crippen LogP contribution >= 0.6 is 0 Å². The van der Waals surface area contributed by atoms with Crippen LogP contribution in [0.4, 0.5) is 17.3 Å². The van der Waals surface area contributed by atoms with E-state index < -0.39 is 0 Å². The molecule has 2 N–H and O–H groups in total. The number of benzene rings is 2. The van der Waals surface area contributed by atoms with Gasteiger partial charge in [-0.15, -0.1) is 0 Å². The van der Waals surface area contributed by atoms with Crippen LogP contribution in [0, 0.1) is 0 Å². The number of methoxy groups -OCH3 is 2. The fourth-order valence-corrected chi connectivity index (χ4v) is 4.32. The van der Waals surface area contributed by atoms with Crippen molar-refractivity contribution in [2.24, 2.45) is 0 Å². The zero-order chi connectivity index (χ0) is 24.7. The molecule has 9 nitrogen and oxygen atoms in total. The summed E-state index contributed by atoms with van der Waals surface area (Å²) in [5.41, 5.74) is 4.55. The number of imidazole rings is 1. The lowest BCUT2D eigenvalue weighted by molar-refractivity contribution is 0.0378. The first kappa shape index (κ1) is 23.9. The van der Waals surface area contributed by atoms with Crippen LogP contribution in [0.2, 0.25) is 0 Å². The summed E-state index contributed by atoms with van der Waals surface area (Å²) in [4.78, 5) is 11.8. The van der Waals surface area contributed by atoms with Gasteiger partial charge in [0.15, 0.2) is 11.5 Å². The first-order valence-electron chi connectivity index (χ1n) is 12.2. The van der Waals surface area contributed by atoms with Crippen molar-refractivity contribution in [1.82, 2.24) is 19.3 Å². The first-order chi connectivity index (χ1) is 17.7. The van der Waals surface area contributed by atoms with E-state index in [0.717, 1.165) is 74.1 Å². The summed E-state index contributed by atoms with van der Waals surface area (Å²) < 4.78 is 18.2. The standard InChI is InChI=1S/C27H32N6O3/c1-34-24-9-4-20(18-25(24)35-2)23-19-26-29-11-13-33(26)27(31-23)30-22-7-5-21(6-8-22)28-10-3-12-32-14-16-36-17-15-32/h4-9,11,13,18-19,28H,3,10,12,14-17H2,1-2H3,(H,30,31). The summed E-state index contributed by atoms with van der Waals surface area (Å²) in [6.45, 7) is 5.80. The number of nitrogens with zero attached hydrogens (tertiary/aromatic N) is 4. The highest BCUT2D eigenvalue weighted by Gasteiger charge is 2.12. The molecule has 1 aliphatic rings. The van der Waals surface area contributed by atoms with E-state index >= 15 is 0 Å².